The van der Waals surface area contributed by atoms with Crippen LogP contribution in [0.15, 0.2) is 138 Å². The predicted molar refractivity (Wildman–Crippen MR) is 177 cm³/mol. The fraction of sp³-hybridized carbons (Fsp3) is 0.154. The van der Waals surface area contributed by atoms with Gasteiger partial charge in [-0.2, -0.15) is 0 Å². The number of ether oxygens (including phenoxy) is 2. The molecule has 7 nitrogen and oxygen atoms in total. The Kier molecular flexibility index (Phi) is 7.91. The van der Waals surface area contributed by atoms with Crippen molar-refractivity contribution >= 4 is 23.4 Å². The van der Waals surface area contributed by atoms with E-state index in [1.54, 1.807) is 30.3 Å². The first-order valence-electron chi connectivity index (χ1n) is 15.4. The SMILES string of the molecule is O=C(c1ccccc1)N1C(=O)[C@]2(Cc3ccccc31)N=C(c1ccc(OCCCO)cc1)O[C@@H]2c1ccc(-c2ccccc2)cc1. The van der Waals surface area contributed by atoms with Crippen LogP contribution in [0, 0.1) is 0 Å². The summed E-state index contributed by atoms with van der Waals surface area (Å²) in [5.41, 5.74) is 3.95. The normalized spacial score (nSPS) is 18.5. The van der Waals surface area contributed by atoms with Crippen LogP contribution in [0.2, 0.25) is 0 Å². The molecule has 0 aromatic heterocycles. The number of carbonyl (C=O) groups excluding carboxylic acids is 2. The molecule has 7 rings (SSSR count). The Bertz CT molecular complexity index is 1890. The number of aliphatic hydroxyl groups excluding tert-OH is 1. The molecule has 7 heteroatoms. The number of aliphatic hydroxyl groups is 1. The molecule has 228 valence electrons. The van der Waals surface area contributed by atoms with E-state index in [2.05, 4.69) is 12.1 Å². The first-order valence-corrected chi connectivity index (χ1v) is 15.4. The number of hydrogen-bond donors (Lipinski definition) is 1. The third kappa shape index (κ3) is 5.35. The van der Waals surface area contributed by atoms with Gasteiger partial charge >= 0.3 is 0 Å². The molecule has 0 saturated heterocycles. The maximum absolute atomic E-state index is 14.9. The van der Waals surface area contributed by atoms with E-state index in [1.807, 2.05) is 91.0 Å². The lowest BCUT2D eigenvalue weighted by Gasteiger charge is -2.39. The van der Waals surface area contributed by atoms with E-state index < -0.39 is 23.5 Å². The van der Waals surface area contributed by atoms with Gasteiger partial charge < -0.3 is 14.6 Å². The molecule has 2 aliphatic rings. The molecular weight excluding hydrogens is 576 g/mol. The summed E-state index contributed by atoms with van der Waals surface area (Å²) in [7, 11) is 0. The largest absolute Gasteiger partial charge is 0.494 e. The number of imide groups is 1. The van der Waals surface area contributed by atoms with Crippen molar-refractivity contribution in [3.05, 3.63) is 156 Å². The predicted octanol–water partition coefficient (Wildman–Crippen LogP) is 6.80. The zero-order chi connectivity index (χ0) is 31.5. The number of benzene rings is 5. The summed E-state index contributed by atoms with van der Waals surface area (Å²) >= 11 is 0. The first-order chi connectivity index (χ1) is 22.6. The van der Waals surface area contributed by atoms with Crippen LogP contribution in [0.3, 0.4) is 0 Å². The molecule has 0 bridgehead atoms. The summed E-state index contributed by atoms with van der Waals surface area (Å²) in [5, 5.41) is 9.08. The smallest absolute Gasteiger partial charge is 0.266 e. The van der Waals surface area contributed by atoms with Crippen LogP contribution in [-0.2, 0) is 16.0 Å². The van der Waals surface area contributed by atoms with Crippen molar-refractivity contribution in [3.63, 3.8) is 0 Å². The lowest BCUT2D eigenvalue weighted by Crippen LogP contribution is -2.57. The Morgan fingerprint density at radius 2 is 1.43 bits per heavy atom. The van der Waals surface area contributed by atoms with Crippen molar-refractivity contribution in [1.82, 2.24) is 0 Å². The van der Waals surface area contributed by atoms with Crippen LogP contribution < -0.4 is 9.64 Å². The maximum Gasteiger partial charge on any atom is 0.266 e. The minimum absolute atomic E-state index is 0.0550. The summed E-state index contributed by atoms with van der Waals surface area (Å²) in [6.07, 6.45) is 0.00388. The first kappa shape index (κ1) is 29.2. The van der Waals surface area contributed by atoms with Crippen molar-refractivity contribution in [2.75, 3.05) is 18.1 Å². The number of carbonyl (C=O) groups is 2. The second-order valence-electron chi connectivity index (χ2n) is 11.4. The van der Waals surface area contributed by atoms with Gasteiger partial charge in [0.15, 0.2) is 11.6 Å². The fourth-order valence-corrected chi connectivity index (χ4v) is 6.13. The topological polar surface area (TPSA) is 88.4 Å². The molecule has 0 fully saturated rings. The Labute approximate surface area is 267 Å². The third-order valence-electron chi connectivity index (χ3n) is 8.45. The zero-order valence-corrected chi connectivity index (χ0v) is 25.1. The van der Waals surface area contributed by atoms with Crippen molar-refractivity contribution < 1.29 is 24.2 Å². The van der Waals surface area contributed by atoms with E-state index in [0.29, 0.717) is 41.5 Å². The summed E-state index contributed by atoms with van der Waals surface area (Å²) in [5.74, 6) is 0.124. The lowest BCUT2D eigenvalue weighted by molar-refractivity contribution is -0.126. The summed E-state index contributed by atoms with van der Waals surface area (Å²) in [4.78, 5) is 35.2. The van der Waals surface area contributed by atoms with Crippen LogP contribution in [0.25, 0.3) is 11.1 Å². The van der Waals surface area contributed by atoms with Crippen molar-refractivity contribution in [1.29, 1.82) is 0 Å². The minimum Gasteiger partial charge on any atom is -0.494 e. The van der Waals surface area contributed by atoms with Gasteiger partial charge in [0.05, 0.1) is 12.3 Å². The molecule has 0 radical (unpaired) electrons. The Hall–Kier alpha value is -5.53. The van der Waals surface area contributed by atoms with E-state index in [1.165, 1.54) is 4.90 Å². The molecule has 46 heavy (non-hydrogen) atoms. The highest BCUT2D eigenvalue weighted by molar-refractivity contribution is 6.25. The van der Waals surface area contributed by atoms with Gasteiger partial charge in [-0.25, -0.2) is 9.89 Å². The van der Waals surface area contributed by atoms with Crippen LogP contribution in [-0.4, -0.2) is 41.6 Å². The minimum atomic E-state index is -1.43. The summed E-state index contributed by atoms with van der Waals surface area (Å²) in [6.45, 7) is 0.454. The van der Waals surface area contributed by atoms with Crippen molar-refractivity contribution in [2.45, 2.75) is 24.5 Å². The Morgan fingerprint density at radius 3 is 2.15 bits per heavy atom. The summed E-state index contributed by atoms with van der Waals surface area (Å²) in [6, 6.07) is 41.7. The standard InChI is InChI=1S/C39H32N2O5/c42-24-9-25-45-33-22-20-30(21-23-33)36-40-39(35(46-36)29-18-16-28(17-19-29)27-10-3-1-4-11-27)26-32-14-7-8-15-34(32)41(38(39)44)37(43)31-12-5-2-6-13-31/h1-8,10-23,35,42H,9,24-26H2/t35-,39-/m1/s1. The fourth-order valence-electron chi connectivity index (χ4n) is 6.13. The van der Waals surface area contributed by atoms with Crippen LogP contribution in [0.5, 0.6) is 5.75 Å². The molecule has 2 amide bonds. The van der Waals surface area contributed by atoms with Gasteiger partial charge in [0.1, 0.15) is 5.75 Å². The van der Waals surface area contributed by atoms with Crippen molar-refractivity contribution in [3.8, 4) is 16.9 Å². The molecule has 1 N–H and O–H groups in total. The number of para-hydroxylation sites is 1. The number of hydrogen-bond acceptors (Lipinski definition) is 6. The summed E-state index contributed by atoms with van der Waals surface area (Å²) < 4.78 is 12.4. The maximum atomic E-state index is 14.9. The van der Waals surface area contributed by atoms with Gasteiger partial charge in [-0.3, -0.25) is 9.59 Å². The Morgan fingerprint density at radius 1 is 0.804 bits per heavy atom. The zero-order valence-electron chi connectivity index (χ0n) is 25.1. The van der Waals surface area contributed by atoms with E-state index in [0.717, 1.165) is 22.3 Å². The third-order valence-corrected chi connectivity index (χ3v) is 8.45. The lowest BCUT2D eigenvalue weighted by atomic mass is 9.78. The van der Waals surface area contributed by atoms with E-state index in [-0.39, 0.29) is 13.0 Å². The van der Waals surface area contributed by atoms with Gasteiger partial charge in [0, 0.05) is 30.6 Å². The number of nitrogens with zero attached hydrogens (tertiary/aromatic N) is 2. The second kappa shape index (κ2) is 12.5. The second-order valence-corrected chi connectivity index (χ2v) is 11.4. The average molecular weight is 609 g/mol. The van der Waals surface area contributed by atoms with Gasteiger partial charge in [-0.1, -0.05) is 91.0 Å². The van der Waals surface area contributed by atoms with Crippen LogP contribution in [0.1, 0.15) is 39.6 Å². The molecule has 0 unspecified atom stereocenters. The van der Waals surface area contributed by atoms with Gasteiger partial charge in [0.2, 0.25) is 5.90 Å². The molecule has 0 aliphatic carbocycles. The highest BCUT2D eigenvalue weighted by atomic mass is 16.5. The molecule has 1 spiro atoms. The van der Waals surface area contributed by atoms with Gasteiger partial charge in [0.25, 0.3) is 11.8 Å². The van der Waals surface area contributed by atoms with Crippen molar-refractivity contribution in [2.24, 2.45) is 4.99 Å². The molecular formula is C39H32N2O5. The average Bonchev–Trinajstić information content (AvgIpc) is 3.49. The number of amides is 2. The van der Waals surface area contributed by atoms with Crippen LogP contribution in [0.4, 0.5) is 5.69 Å². The molecule has 2 heterocycles. The number of fused-ring (bicyclic) bond motifs is 1. The highest BCUT2D eigenvalue weighted by Gasteiger charge is 2.58. The number of anilines is 1. The highest BCUT2D eigenvalue weighted by Crippen LogP contribution is 2.48. The van der Waals surface area contributed by atoms with Crippen LogP contribution >= 0.6 is 0 Å². The molecule has 5 aromatic carbocycles. The number of rotatable bonds is 8. The van der Waals surface area contributed by atoms with E-state index in [4.69, 9.17) is 19.6 Å². The van der Waals surface area contributed by atoms with E-state index >= 15 is 0 Å². The number of aliphatic imine (C=N–C) groups is 1. The quantitative estimate of drug-likeness (QED) is 0.155. The van der Waals surface area contributed by atoms with Gasteiger partial charge in [-0.05, 0) is 64.7 Å². The molecule has 2 atom stereocenters. The Balaban J connectivity index is 1.32. The molecule has 2 aliphatic heterocycles. The van der Waals surface area contributed by atoms with E-state index in [9.17, 15) is 9.59 Å². The van der Waals surface area contributed by atoms with Gasteiger partial charge in [-0.15, -0.1) is 0 Å². The monoisotopic (exact) mass is 608 g/mol. The molecule has 5 aromatic rings. The molecule has 0 saturated carbocycles.